The van der Waals surface area contributed by atoms with Crippen LogP contribution in [0.15, 0.2) is 18.2 Å². The second-order valence-electron chi connectivity index (χ2n) is 3.93. The molecule has 1 fully saturated rings. The highest BCUT2D eigenvalue weighted by Crippen LogP contribution is 2.39. The lowest BCUT2D eigenvalue weighted by atomic mass is 10.2. The Hall–Kier alpha value is -1.98. The minimum Gasteiger partial charge on any atom is -0.399 e. The molecule has 0 amide bonds. The molecule has 16 heavy (non-hydrogen) atoms. The summed E-state index contributed by atoms with van der Waals surface area (Å²) in [7, 11) is 0. The van der Waals surface area contributed by atoms with E-state index in [2.05, 4.69) is 15.5 Å². The lowest BCUT2D eigenvalue weighted by molar-refractivity contribution is 0.603. The first-order chi connectivity index (χ1) is 7.75. The molecule has 1 aromatic carbocycles. The number of hydrogen-bond donors (Lipinski definition) is 1. The highest BCUT2D eigenvalue weighted by atomic mass is 19.1. The lowest BCUT2D eigenvalue weighted by Gasteiger charge is -2.05. The van der Waals surface area contributed by atoms with E-state index in [1.807, 2.05) is 0 Å². The summed E-state index contributed by atoms with van der Waals surface area (Å²) in [6, 6.07) is 4.50. The van der Waals surface area contributed by atoms with Crippen LogP contribution >= 0.6 is 0 Å². The average Bonchev–Trinajstić information content (AvgIpc) is 2.98. The van der Waals surface area contributed by atoms with Crippen molar-refractivity contribution in [1.82, 2.24) is 20.2 Å². The van der Waals surface area contributed by atoms with Gasteiger partial charge in [-0.25, -0.2) is 4.39 Å². The number of nitrogens with zero attached hydrogens (tertiary/aromatic N) is 4. The number of benzene rings is 1. The highest BCUT2D eigenvalue weighted by molar-refractivity contribution is 5.46. The minimum absolute atomic E-state index is 0.348. The largest absolute Gasteiger partial charge is 0.399 e. The van der Waals surface area contributed by atoms with Gasteiger partial charge in [-0.1, -0.05) is 0 Å². The van der Waals surface area contributed by atoms with Crippen molar-refractivity contribution in [3.63, 3.8) is 0 Å². The molecule has 1 aromatic heterocycles. The number of nitrogen functional groups attached to an aromatic ring is 1. The minimum atomic E-state index is -0.408. The van der Waals surface area contributed by atoms with Crippen LogP contribution in [0.2, 0.25) is 0 Å². The first kappa shape index (κ1) is 9.26. The van der Waals surface area contributed by atoms with E-state index in [0.29, 0.717) is 17.3 Å². The molecule has 1 saturated carbocycles. The van der Waals surface area contributed by atoms with Crippen molar-refractivity contribution in [2.24, 2.45) is 0 Å². The van der Waals surface area contributed by atoms with Crippen molar-refractivity contribution < 1.29 is 4.39 Å². The van der Waals surface area contributed by atoms with Gasteiger partial charge in [0, 0.05) is 11.6 Å². The summed E-state index contributed by atoms with van der Waals surface area (Å²) in [5.41, 5.74) is 6.23. The number of tetrazole rings is 1. The SMILES string of the molecule is Nc1ccc(-n2nnnc2C2CC2)c(F)c1. The molecule has 0 saturated heterocycles. The van der Waals surface area contributed by atoms with Gasteiger partial charge in [-0.05, 0) is 41.5 Å². The van der Waals surface area contributed by atoms with Crippen molar-refractivity contribution in [1.29, 1.82) is 0 Å². The first-order valence-corrected chi connectivity index (χ1v) is 5.09. The zero-order valence-electron chi connectivity index (χ0n) is 8.47. The summed E-state index contributed by atoms with van der Waals surface area (Å²) in [5.74, 6) is 0.685. The number of halogens is 1. The first-order valence-electron chi connectivity index (χ1n) is 5.09. The van der Waals surface area contributed by atoms with E-state index in [-0.39, 0.29) is 0 Å². The third kappa shape index (κ3) is 1.42. The zero-order valence-corrected chi connectivity index (χ0v) is 8.47. The monoisotopic (exact) mass is 219 g/mol. The van der Waals surface area contributed by atoms with Crippen LogP contribution in [0, 0.1) is 5.82 Å². The normalized spacial score (nSPS) is 15.3. The molecule has 0 radical (unpaired) electrons. The fourth-order valence-electron chi connectivity index (χ4n) is 1.66. The Kier molecular flexibility index (Phi) is 1.89. The molecule has 0 spiro atoms. The van der Waals surface area contributed by atoms with Crippen LogP contribution in [-0.2, 0) is 0 Å². The van der Waals surface area contributed by atoms with Gasteiger partial charge in [-0.2, -0.15) is 4.68 Å². The number of rotatable bonds is 2. The summed E-state index contributed by atoms with van der Waals surface area (Å²) in [5, 5.41) is 11.3. The number of aromatic nitrogens is 4. The van der Waals surface area contributed by atoms with Gasteiger partial charge in [0.05, 0.1) is 0 Å². The second-order valence-corrected chi connectivity index (χ2v) is 3.93. The molecule has 6 heteroatoms. The fraction of sp³-hybridized carbons (Fsp3) is 0.300. The van der Waals surface area contributed by atoms with Crippen LogP contribution in [0.3, 0.4) is 0 Å². The molecule has 3 rings (SSSR count). The third-order valence-corrected chi connectivity index (χ3v) is 2.64. The Bertz CT molecular complexity index is 532. The van der Waals surface area contributed by atoms with Crippen LogP contribution in [0.4, 0.5) is 10.1 Å². The van der Waals surface area contributed by atoms with E-state index in [0.717, 1.165) is 18.7 Å². The van der Waals surface area contributed by atoms with E-state index in [1.165, 1.54) is 10.7 Å². The summed E-state index contributed by atoms with van der Waals surface area (Å²) >= 11 is 0. The van der Waals surface area contributed by atoms with Crippen LogP contribution in [0.1, 0.15) is 24.6 Å². The maximum absolute atomic E-state index is 13.7. The van der Waals surface area contributed by atoms with E-state index < -0.39 is 5.82 Å². The second kappa shape index (κ2) is 3.26. The Morgan fingerprint density at radius 2 is 2.19 bits per heavy atom. The van der Waals surface area contributed by atoms with Crippen LogP contribution in [-0.4, -0.2) is 20.2 Å². The maximum Gasteiger partial charge on any atom is 0.159 e. The van der Waals surface area contributed by atoms with Crippen molar-refractivity contribution >= 4 is 5.69 Å². The van der Waals surface area contributed by atoms with Crippen molar-refractivity contribution in [2.45, 2.75) is 18.8 Å². The van der Waals surface area contributed by atoms with Gasteiger partial charge in [0.25, 0.3) is 0 Å². The summed E-state index contributed by atoms with van der Waals surface area (Å²) in [6.07, 6.45) is 2.13. The Labute approximate surface area is 91.1 Å². The maximum atomic E-state index is 13.7. The predicted molar refractivity (Wildman–Crippen MR) is 55.5 cm³/mol. The molecule has 1 heterocycles. The predicted octanol–water partition coefficient (Wildman–Crippen LogP) is 1.26. The Balaban J connectivity index is 2.10. The van der Waals surface area contributed by atoms with Gasteiger partial charge < -0.3 is 5.73 Å². The topological polar surface area (TPSA) is 69.6 Å². The van der Waals surface area contributed by atoms with E-state index in [4.69, 9.17) is 5.73 Å². The van der Waals surface area contributed by atoms with Crippen LogP contribution in [0.5, 0.6) is 0 Å². The van der Waals surface area contributed by atoms with E-state index in [1.54, 1.807) is 12.1 Å². The molecular formula is C10H10FN5. The van der Waals surface area contributed by atoms with Crippen LogP contribution < -0.4 is 5.73 Å². The molecule has 2 aromatic rings. The average molecular weight is 219 g/mol. The molecule has 82 valence electrons. The lowest BCUT2D eigenvalue weighted by Crippen LogP contribution is -2.05. The van der Waals surface area contributed by atoms with Crippen molar-refractivity contribution in [3.05, 3.63) is 29.8 Å². The molecule has 1 aliphatic rings. The van der Waals surface area contributed by atoms with E-state index in [9.17, 15) is 4.39 Å². The quantitative estimate of drug-likeness (QED) is 0.772. The molecular weight excluding hydrogens is 209 g/mol. The fourth-order valence-corrected chi connectivity index (χ4v) is 1.66. The Morgan fingerprint density at radius 3 is 2.88 bits per heavy atom. The van der Waals surface area contributed by atoms with Gasteiger partial charge in [0.1, 0.15) is 5.69 Å². The summed E-state index contributed by atoms with van der Waals surface area (Å²) < 4.78 is 15.1. The van der Waals surface area contributed by atoms with E-state index >= 15 is 0 Å². The number of anilines is 1. The van der Waals surface area contributed by atoms with Gasteiger partial charge in [-0.3, -0.25) is 0 Å². The molecule has 0 atom stereocenters. The molecule has 1 aliphatic carbocycles. The van der Waals surface area contributed by atoms with Crippen molar-refractivity contribution in [2.75, 3.05) is 5.73 Å². The number of hydrogen-bond acceptors (Lipinski definition) is 4. The molecule has 0 aliphatic heterocycles. The van der Waals surface area contributed by atoms with Crippen LogP contribution in [0.25, 0.3) is 5.69 Å². The van der Waals surface area contributed by atoms with Gasteiger partial charge in [0.2, 0.25) is 0 Å². The van der Waals surface area contributed by atoms with Gasteiger partial charge >= 0.3 is 0 Å². The summed E-state index contributed by atoms with van der Waals surface area (Å²) in [4.78, 5) is 0. The van der Waals surface area contributed by atoms with Gasteiger partial charge in [-0.15, -0.1) is 5.10 Å². The Morgan fingerprint density at radius 1 is 1.38 bits per heavy atom. The highest BCUT2D eigenvalue weighted by Gasteiger charge is 2.30. The third-order valence-electron chi connectivity index (χ3n) is 2.64. The number of nitrogens with two attached hydrogens (primary N) is 1. The molecule has 5 nitrogen and oxygen atoms in total. The smallest absolute Gasteiger partial charge is 0.159 e. The standard InChI is InChI=1S/C10H10FN5/c11-8-5-7(12)3-4-9(8)16-10(6-1-2-6)13-14-15-16/h3-6H,1-2,12H2. The molecule has 0 bridgehead atoms. The molecule has 2 N–H and O–H groups in total. The van der Waals surface area contributed by atoms with Crippen molar-refractivity contribution in [3.8, 4) is 5.69 Å². The summed E-state index contributed by atoms with van der Waals surface area (Å²) in [6.45, 7) is 0. The zero-order chi connectivity index (χ0) is 11.1. The molecule has 0 unspecified atom stereocenters. The van der Waals surface area contributed by atoms with Gasteiger partial charge in [0.15, 0.2) is 11.6 Å².